The molecule has 1 unspecified atom stereocenters. The number of ether oxygens (including phenoxy) is 1. The van der Waals surface area contributed by atoms with Gasteiger partial charge in [-0.15, -0.1) is 11.8 Å². The van der Waals surface area contributed by atoms with Crippen LogP contribution in [0.2, 0.25) is 5.02 Å². The molecule has 39 heavy (non-hydrogen) atoms. The molecule has 0 amide bonds. The Kier molecular flexibility index (Phi) is 6.91. The molecule has 13 heteroatoms. The molecule has 2 aliphatic heterocycles. The number of alkyl halides is 1. The van der Waals surface area contributed by atoms with Crippen molar-refractivity contribution in [1.29, 1.82) is 0 Å². The van der Waals surface area contributed by atoms with Crippen LogP contribution in [0.15, 0.2) is 46.5 Å². The average molecular weight is 582 g/mol. The number of aromatic nitrogens is 4. The zero-order valence-corrected chi connectivity index (χ0v) is 22.4. The summed E-state index contributed by atoms with van der Waals surface area (Å²) in [5.41, 5.74) is -2.42. The number of allylic oxidation sites excluding steroid dienone is 1. The Morgan fingerprint density at radius 2 is 2.15 bits per heavy atom. The lowest BCUT2D eigenvalue weighted by molar-refractivity contribution is 0.0679. The highest BCUT2D eigenvalue weighted by atomic mass is 35.5. The van der Waals surface area contributed by atoms with Gasteiger partial charge in [-0.3, -0.25) is 14.3 Å². The van der Waals surface area contributed by atoms with Crippen LogP contribution in [0.5, 0.6) is 5.75 Å². The van der Waals surface area contributed by atoms with Gasteiger partial charge < -0.3 is 15.2 Å². The molecule has 0 radical (unpaired) electrons. The van der Waals surface area contributed by atoms with Crippen LogP contribution in [-0.2, 0) is 18.6 Å². The van der Waals surface area contributed by atoms with E-state index in [1.807, 2.05) is 0 Å². The van der Waals surface area contributed by atoms with E-state index in [0.717, 1.165) is 0 Å². The van der Waals surface area contributed by atoms with Gasteiger partial charge in [-0.05, 0) is 38.5 Å². The van der Waals surface area contributed by atoms with Crippen molar-refractivity contribution >= 4 is 23.4 Å². The maximum atomic E-state index is 16.5. The summed E-state index contributed by atoms with van der Waals surface area (Å²) in [5, 5.41) is 12.8. The van der Waals surface area contributed by atoms with Crippen molar-refractivity contribution in [3.8, 4) is 5.75 Å². The van der Waals surface area contributed by atoms with Gasteiger partial charge >= 0.3 is 0 Å². The summed E-state index contributed by atoms with van der Waals surface area (Å²) in [6.45, 7) is 0.108. The summed E-state index contributed by atoms with van der Waals surface area (Å²) in [4.78, 5) is 26.1. The van der Waals surface area contributed by atoms with Crippen molar-refractivity contribution in [2.75, 3.05) is 5.75 Å². The molecule has 0 bridgehead atoms. The van der Waals surface area contributed by atoms with Crippen LogP contribution in [0.1, 0.15) is 58.0 Å². The maximum Gasteiger partial charge on any atom is 0.274 e. The van der Waals surface area contributed by atoms with Gasteiger partial charge in [0.15, 0.2) is 17.8 Å². The van der Waals surface area contributed by atoms with Crippen molar-refractivity contribution in [3.05, 3.63) is 91.6 Å². The molecule has 0 spiro atoms. The highest BCUT2D eigenvalue weighted by Crippen LogP contribution is 2.43. The van der Waals surface area contributed by atoms with Gasteiger partial charge in [0.1, 0.15) is 46.5 Å². The zero-order valence-electron chi connectivity index (χ0n) is 22.8. The Labute approximate surface area is 234 Å². The minimum Gasteiger partial charge on any atom is -0.485 e. The lowest BCUT2D eigenvalue weighted by Crippen LogP contribution is -2.43. The number of nitrogens with one attached hydrogen (secondary N) is 1. The van der Waals surface area contributed by atoms with Gasteiger partial charge in [-0.2, -0.15) is 0 Å². The molecular formula is C26H25ClF3N5O3S. The molecule has 3 aromatic heterocycles. The smallest absolute Gasteiger partial charge is 0.274 e. The lowest BCUT2D eigenvalue weighted by atomic mass is 9.96. The highest BCUT2D eigenvalue weighted by Gasteiger charge is 2.41. The van der Waals surface area contributed by atoms with Gasteiger partial charge in [0.2, 0.25) is 0 Å². The molecular weight excluding hydrogens is 555 g/mol. The van der Waals surface area contributed by atoms with Gasteiger partial charge in [-0.25, -0.2) is 23.1 Å². The number of hydrogen-bond acceptors (Lipinski definition) is 8. The van der Waals surface area contributed by atoms with E-state index in [0.29, 0.717) is 41.5 Å². The quantitative estimate of drug-likeness (QED) is 0.454. The second-order valence-corrected chi connectivity index (χ2v) is 11.1. The summed E-state index contributed by atoms with van der Waals surface area (Å²) < 4.78 is 67.1. The van der Waals surface area contributed by atoms with Gasteiger partial charge in [0, 0.05) is 35.1 Å². The molecule has 5 heterocycles. The van der Waals surface area contributed by atoms with E-state index < -0.39 is 58.3 Å². The molecule has 3 atom stereocenters. The number of nitrogens with zero attached hydrogens (tertiary/aromatic N) is 4. The first-order valence-corrected chi connectivity index (χ1v) is 13.4. The average Bonchev–Trinajstić information content (AvgIpc) is 2.88. The minimum absolute atomic E-state index is 0.106. The topological polar surface area (TPSA) is 102 Å². The normalized spacial score (nSPS) is 22.2. The van der Waals surface area contributed by atoms with Gasteiger partial charge in [0.25, 0.3) is 5.56 Å². The van der Waals surface area contributed by atoms with E-state index >= 15 is 4.39 Å². The summed E-state index contributed by atoms with van der Waals surface area (Å²) in [5.74, 6) is -1.95. The molecule has 206 valence electrons. The van der Waals surface area contributed by atoms with Crippen LogP contribution in [-0.4, -0.2) is 36.6 Å². The monoisotopic (exact) mass is 581 g/mol. The zero-order chi connectivity index (χ0) is 29.7. The molecule has 0 aromatic carbocycles. The Balaban J connectivity index is 1.56. The number of aliphatic hydroxyl groups is 1. The van der Waals surface area contributed by atoms with Gasteiger partial charge in [-0.1, -0.05) is 11.6 Å². The van der Waals surface area contributed by atoms with Crippen LogP contribution >= 0.6 is 23.4 Å². The van der Waals surface area contributed by atoms with Crippen LogP contribution in [0.4, 0.5) is 13.2 Å². The molecule has 3 aromatic rings. The van der Waals surface area contributed by atoms with Crippen LogP contribution in [0.25, 0.3) is 0 Å². The summed E-state index contributed by atoms with van der Waals surface area (Å²) in [7, 11) is 0. The lowest BCUT2D eigenvalue weighted by Gasteiger charge is -2.37. The first kappa shape index (κ1) is 24.9. The van der Waals surface area contributed by atoms with E-state index in [1.165, 1.54) is 48.5 Å². The van der Waals surface area contributed by atoms with Crippen LogP contribution < -0.4 is 15.6 Å². The third kappa shape index (κ3) is 5.50. The standard InChI is InChI=1S/C26H25ClF3N5O3S/c1-26(2,37)25-31-6-5-16(34-25)22-21(30)23-19(11-33-22)39-7-3-4-14-9-18(20(27)24(36)35(14)23)38-12-17-15(29)8-13(28)10-32-17/h5-6,8-11,21-23,33,37H,3-4,7,12H2,1-2H3/t21-,22+,23?/m1/s1/i12D2. The minimum atomic E-state index is -2.91. The van der Waals surface area contributed by atoms with Crippen molar-refractivity contribution in [2.24, 2.45) is 0 Å². The largest absolute Gasteiger partial charge is 0.485 e. The first-order valence-electron chi connectivity index (χ1n) is 13.0. The van der Waals surface area contributed by atoms with E-state index in [2.05, 4.69) is 20.3 Å². The predicted molar refractivity (Wildman–Crippen MR) is 140 cm³/mol. The SMILES string of the molecule is [2H]C([2H])(Oc1cc2n(c(=O)c1Cl)C1C(=CN[C@@H](c3ccnc(C(C)(C)O)n3)[C@H]1F)SCCC2)c1ncc(F)cc1F. The molecule has 2 N–H and O–H groups in total. The molecule has 8 nitrogen and oxygen atoms in total. The number of pyridine rings is 2. The Morgan fingerprint density at radius 3 is 2.90 bits per heavy atom. The number of hydrogen-bond donors (Lipinski definition) is 2. The first-order chi connectivity index (χ1) is 19.3. The van der Waals surface area contributed by atoms with E-state index in [1.54, 1.807) is 6.20 Å². The number of halogens is 4. The van der Waals surface area contributed by atoms with Crippen molar-refractivity contribution in [3.63, 3.8) is 0 Å². The Morgan fingerprint density at radius 1 is 1.36 bits per heavy atom. The van der Waals surface area contributed by atoms with Crippen molar-refractivity contribution in [2.45, 2.75) is 57.1 Å². The number of thioether (sulfide) groups is 1. The van der Waals surface area contributed by atoms with E-state index in [4.69, 9.17) is 19.1 Å². The van der Waals surface area contributed by atoms with Crippen LogP contribution in [0.3, 0.4) is 0 Å². The number of aryl methyl sites for hydroxylation is 1. The van der Waals surface area contributed by atoms with Gasteiger partial charge in [0.05, 0.1) is 14.6 Å². The molecule has 2 aliphatic rings. The van der Waals surface area contributed by atoms with Crippen molar-refractivity contribution < 1.29 is 25.8 Å². The molecule has 0 saturated heterocycles. The van der Waals surface area contributed by atoms with Crippen molar-refractivity contribution in [1.82, 2.24) is 24.8 Å². The summed E-state index contributed by atoms with van der Waals surface area (Å²) in [6, 6.07) is 1.21. The third-order valence-corrected chi connectivity index (χ3v) is 7.81. The summed E-state index contributed by atoms with van der Waals surface area (Å²) >= 11 is 7.77. The second kappa shape index (κ2) is 10.8. The van der Waals surface area contributed by atoms with Crippen LogP contribution in [0, 0.1) is 11.6 Å². The fourth-order valence-corrected chi connectivity index (χ4v) is 5.67. The predicted octanol–water partition coefficient (Wildman–Crippen LogP) is 4.52. The Bertz CT molecular complexity index is 1590. The number of fused-ring (bicyclic) bond motifs is 3. The number of rotatable bonds is 5. The fourth-order valence-electron chi connectivity index (χ4n) is 4.41. The molecule has 0 fully saturated rings. The molecule has 5 rings (SSSR count). The maximum absolute atomic E-state index is 16.5. The Hall–Kier alpha value is -3.09. The molecule has 0 saturated carbocycles. The third-order valence-electron chi connectivity index (χ3n) is 6.28. The van der Waals surface area contributed by atoms with E-state index in [-0.39, 0.29) is 17.3 Å². The molecule has 0 aliphatic carbocycles. The highest BCUT2D eigenvalue weighted by molar-refractivity contribution is 8.03. The van der Waals surface area contributed by atoms with E-state index in [9.17, 15) is 18.7 Å². The summed E-state index contributed by atoms with van der Waals surface area (Å²) in [6.07, 6.45) is 2.88. The fraction of sp³-hybridized carbons (Fsp3) is 0.385. The second-order valence-electron chi connectivity index (χ2n) is 9.57.